The molecule has 3 heteroatoms. The third-order valence-electron chi connectivity index (χ3n) is 2.58. The van der Waals surface area contributed by atoms with Gasteiger partial charge in [0, 0.05) is 6.04 Å². The maximum Gasteiger partial charge on any atom is 0.133 e. The molecule has 2 nitrogen and oxygen atoms in total. The van der Waals surface area contributed by atoms with Crippen LogP contribution in [0.4, 0.5) is 0 Å². The fourth-order valence-corrected chi connectivity index (χ4v) is 2.36. The third kappa shape index (κ3) is 4.17. The minimum absolute atomic E-state index is 0.319. The molecule has 1 rings (SSSR count). The van der Waals surface area contributed by atoms with E-state index in [1.54, 1.807) is 7.11 Å². The molecule has 1 aromatic carbocycles. The van der Waals surface area contributed by atoms with Crippen molar-refractivity contribution in [3.8, 4) is 5.75 Å². The summed E-state index contributed by atoms with van der Waals surface area (Å²) < 4.78 is 6.22. The van der Waals surface area contributed by atoms with Crippen molar-refractivity contribution in [2.45, 2.75) is 26.3 Å². The van der Waals surface area contributed by atoms with Crippen LogP contribution in [-0.4, -0.2) is 13.7 Å². The monoisotopic (exact) mass is 297 g/mol. The number of rotatable bonds is 6. The largest absolute Gasteiger partial charge is 0.496 e. The lowest BCUT2D eigenvalue weighted by Crippen LogP contribution is -2.21. The number of methoxy groups -OCH3 is 1. The summed E-state index contributed by atoms with van der Waals surface area (Å²) in [5, 5.41) is 3.47. The van der Waals surface area contributed by atoms with Crippen LogP contribution in [0, 0.1) is 0 Å². The first kappa shape index (κ1) is 14.3. The second kappa shape index (κ2) is 6.82. The van der Waals surface area contributed by atoms with Gasteiger partial charge in [-0.1, -0.05) is 18.6 Å². The summed E-state index contributed by atoms with van der Waals surface area (Å²) in [5.74, 6) is 0.860. The molecule has 0 aliphatic carbocycles. The Morgan fingerprint density at radius 2 is 2.24 bits per heavy atom. The third-order valence-corrected chi connectivity index (χ3v) is 3.20. The van der Waals surface area contributed by atoms with Crippen molar-refractivity contribution in [2.24, 2.45) is 0 Å². The second-order valence-corrected chi connectivity index (χ2v) is 5.02. The van der Waals surface area contributed by atoms with Crippen molar-refractivity contribution in [2.75, 3.05) is 13.7 Å². The summed E-state index contributed by atoms with van der Waals surface area (Å²) in [7, 11) is 1.68. The molecular formula is C14H20BrNO. The average molecular weight is 298 g/mol. The molecule has 94 valence electrons. The molecule has 0 aliphatic heterocycles. The van der Waals surface area contributed by atoms with Crippen molar-refractivity contribution in [1.82, 2.24) is 5.32 Å². The van der Waals surface area contributed by atoms with E-state index in [9.17, 15) is 0 Å². The van der Waals surface area contributed by atoms with Crippen LogP contribution in [0.1, 0.15) is 31.9 Å². The Labute approximate surface area is 112 Å². The van der Waals surface area contributed by atoms with Gasteiger partial charge in [0.2, 0.25) is 0 Å². The Morgan fingerprint density at radius 1 is 1.53 bits per heavy atom. The first-order chi connectivity index (χ1) is 8.08. The van der Waals surface area contributed by atoms with Crippen LogP contribution in [0.5, 0.6) is 5.75 Å². The summed E-state index contributed by atoms with van der Waals surface area (Å²) in [6.07, 6.45) is 0.951. The first-order valence-corrected chi connectivity index (χ1v) is 6.59. The number of hydrogen-bond donors (Lipinski definition) is 1. The molecule has 0 fully saturated rings. The summed E-state index contributed by atoms with van der Waals surface area (Å²) >= 11 is 3.52. The van der Waals surface area contributed by atoms with Gasteiger partial charge in [0.05, 0.1) is 11.6 Å². The zero-order chi connectivity index (χ0) is 12.8. The molecule has 1 unspecified atom stereocenters. The van der Waals surface area contributed by atoms with Crippen LogP contribution in [0.25, 0.3) is 0 Å². The molecule has 0 radical (unpaired) electrons. The van der Waals surface area contributed by atoms with E-state index < -0.39 is 0 Å². The van der Waals surface area contributed by atoms with Gasteiger partial charge >= 0.3 is 0 Å². The molecule has 1 N–H and O–H groups in total. The smallest absolute Gasteiger partial charge is 0.133 e. The minimum atomic E-state index is 0.319. The molecule has 0 heterocycles. The molecule has 0 aliphatic rings. The van der Waals surface area contributed by atoms with Crippen LogP contribution in [0.2, 0.25) is 0 Å². The Bertz CT molecular complexity index is 390. The van der Waals surface area contributed by atoms with Crippen LogP contribution >= 0.6 is 15.9 Å². The van der Waals surface area contributed by atoms with E-state index in [-0.39, 0.29) is 0 Å². The van der Waals surface area contributed by atoms with Crippen molar-refractivity contribution in [3.63, 3.8) is 0 Å². The lowest BCUT2D eigenvalue weighted by Gasteiger charge is -2.19. The second-order valence-electron chi connectivity index (χ2n) is 4.17. The number of nitrogens with one attached hydrogen (secondary N) is 1. The number of benzene rings is 1. The zero-order valence-electron chi connectivity index (χ0n) is 10.7. The van der Waals surface area contributed by atoms with Crippen LogP contribution in [-0.2, 0) is 0 Å². The van der Waals surface area contributed by atoms with Crippen LogP contribution in [0.3, 0.4) is 0 Å². The van der Waals surface area contributed by atoms with Gasteiger partial charge in [0.1, 0.15) is 5.75 Å². The first-order valence-electron chi connectivity index (χ1n) is 5.79. The van der Waals surface area contributed by atoms with E-state index in [4.69, 9.17) is 4.74 Å². The molecule has 1 atom stereocenters. The lowest BCUT2D eigenvalue weighted by molar-refractivity contribution is 0.411. The van der Waals surface area contributed by atoms with Crippen molar-refractivity contribution in [1.29, 1.82) is 0 Å². The van der Waals surface area contributed by atoms with Crippen molar-refractivity contribution < 1.29 is 4.74 Å². The fourth-order valence-electron chi connectivity index (χ4n) is 1.80. The topological polar surface area (TPSA) is 21.3 Å². The van der Waals surface area contributed by atoms with Gasteiger partial charge in [0.15, 0.2) is 0 Å². The number of hydrogen-bond acceptors (Lipinski definition) is 2. The average Bonchev–Trinajstić information content (AvgIpc) is 2.28. The summed E-state index contributed by atoms with van der Waals surface area (Å²) in [5.41, 5.74) is 2.44. The van der Waals surface area contributed by atoms with E-state index in [2.05, 4.69) is 53.8 Å². The van der Waals surface area contributed by atoms with Gasteiger partial charge in [-0.15, -0.1) is 6.58 Å². The number of halogens is 1. The predicted octanol–water partition coefficient (Wildman–Crippen LogP) is 4.07. The van der Waals surface area contributed by atoms with E-state index in [1.807, 2.05) is 6.07 Å². The van der Waals surface area contributed by atoms with Crippen molar-refractivity contribution >= 4 is 15.9 Å². The Hall–Kier alpha value is -0.800. The maximum atomic E-state index is 5.24. The zero-order valence-corrected chi connectivity index (χ0v) is 12.3. The predicted molar refractivity (Wildman–Crippen MR) is 76.5 cm³/mol. The minimum Gasteiger partial charge on any atom is -0.496 e. The Morgan fingerprint density at radius 3 is 2.71 bits per heavy atom. The molecule has 0 spiro atoms. The number of ether oxygens (including phenoxy) is 1. The molecule has 0 bridgehead atoms. The van der Waals surface area contributed by atoms with Crippen LogP contribution in [0.15, 0.2) is 34.8 Å². The Kier molecular flexibility index (Phi) is 5.72. The highest BCUT2D eigenvalue weighted by molar-refractivity contribution is 9.10. The maximum absolute atomic E-state index is 5.24. The van der Waals surface area contributed by atoms with Gasteiger partial charge in [-0.25, -0.2) is 0 Å². The fraction of sp³-hybridized carbons (Fsp3) is 0.429. The van der Waals surface area contributed by atoms with E-state index in [1.165, 1.54) is 11.1 Å². The van der Waals surface area contributed by atoms with Gasteiger partial charge in [0.25, 0.3) is 0 Å². The van der Waals surface area contributed by atoms with Crippen LogP contribution < -0.4 is 10.1 Å². The molecule has 1 aromatic rings. The molecule has 0 saturated heterocycles. The highest BCUT2D eigenvalue weighted by Gasteiger charge is 2.12. The molecule has 0 aromatic heterocycles. The van der Waals surface area contributed by atoms with Gasteiger partial charge in [-0.3, -0.25) is 0 Å². The van der Waals surface area contributed by atoms with Gasteiger partial charge < -0.3 is 10.1 Å². The summed E-state index contributed by atoms with van der Waals surface area (Å²) in [6.45, 7) is 9.10. The highest BCUT2D eigenvalue weighted by atomic mass is 79.9. The molecule has 0 amide bonds. The quantitative estimate of drug-likeness (QED) is 0.799. The molecule has 0 saturated carbocycles. The van der Waals surface area contributed by atoms with E-state index >= 15 is 0 Å². The van der Waals surface area contributed by atoms with E-state index in [0.717, 1.165) is 23.2 Å². The Balaban J connectivity index is 2.93. The molecular weight excluding hydrogens is 278 g/mol. The lowest BCUT2D eigenvalue weighted by atomic mass is 10.0. The van der Waals surface area contributed by atoms with Crippen molar-refractivity contribution in [3.05, 3.63) is 40.4 Å². The summed E-state index contributed by atoms with van der Waals surface area (Å²) in [6, 6.07) is 6.51. The molecule has 17 heavy (non-hydrogen) atoms. The normalized spacial score (nSPS) is 12.2. The summed E-state index contributed by atoms with van der Waals surface area (Å²) in [4.78, 5) is 0. The van der Waals surface area contributed by atoms with Gasteiger partial charge in [-0.2, -0.15) is 0 Å². The standard InChI is InChI=1S/C14H20BrNO/c1-5-16-13(8-10(2)3)11-6-7-14(17-4)12(15)9-11/h6-7,9,13,16H,2,5,8H2,1,3-4H3. The highest BCUT2D eigenvalue weighted by Crippen LogP contribution is 2.29. The SMILES string of the molecule is C=C(C)CC(NCC)c1ccc(OC)c(Br)c1. The van der Waals surface area contributed by atoms with Gasteiger partial charge in [-0.05, 0) is 53.5 Å². The van der Waals surface area contributed by atoms with E-state index in [0.29, 0.717) is 6.04 Å².